The molecule has 2 amide bonds. The van der Waals surface area contributed by atoms with Gasteiger partial charge in [-0.25, -0.2) is 14.2 Å². The average molecular weight is 380 g/mol. The van der Waals surface area contributed by atoms with Gasteiger partial charge in [-0.1, -0.05) is 42.5 Å². The lowest BCUT2D eigenvalue weighted by Gasteiger charge is -2.21. The van der Waals surface area contributed by atoms with Crippen molar-refractivity contribution in [1.82, 2.24) is 20.2 Å². The number of urea groups is 1. The number of aryl methyl sites for hydroxylation is 2. The minimum Gasteiger partial charge on any atom is -0.336 e. The maximum Gasteiger partial charge on any atom is 0.315 e. The Hall–Kier alpha value is -3.15. The van der Waals surface area contributed by atoms with Crippen LogP contribution in [-0.2, 0) is 13.5 Å². The van der Waals surface area contributed by atoms with Gasteiger partial charge in [-0.05, 0) is 43.0 Å². The third-order valence-corrected chi connectivity index (χ3v) is 4.66. The summed E-state index contributed by atoms with van der Waals surface area (Å²) in [4.78, 5) is 16.9. The summed E-state index contributed by atoms with van der Waals surface area (Å²) >= 11 is 0. The van der Waals surface area contributed by atoms with Crippen molar-refractivity contribution < 1.29 is 9.18 Å². The van der Waals surface area contributed by atoms with Crippen molar-refractivity contribution in [3.63, 3.8) is 0 Å². The first-order valence-corrected chi connectivity index (χ1v) is 9.36. The van der Waals surface area contributed by atoms with E-state index in [1.807, 2.05) is 36.7 Å². The third kappa shape index (κ3) is 5.19. The van der Waals surface area contributed by atoms with Crippen LogP contribution in [-0.4, -0.2) is 21.6 Å². The summed E-state index contributed by atoms with van der Waals surface area (Å²) in [6.45, 7) is 1.97. The number of hydrogen-bond acceptors (Lipinski definition) is 2. The van der Waals surface area contributed by atoms with Gasteiger partial charge in [0.15, 0.2) is 0 Å². The number of amides is 2. The van der Waals surface area contributed by atoms with Gasteiger partial charge in [0.05, 0.1) is 0 Å². The van der Waals surface area contributed by atoms with Crippen molar-refractivity contribution in [1.29, 1.82) is 0 Å². The van der Waals surface area contributed by atoms with E-state index in [9.17, 15) is 9.18 Å². The lowest BCUT2D eigenvalue weighted by molar-refractivity contribution is 0.234. The van der Waals surface area contributed by atoms with Gasteiger partial charge in [-0.3, -0.25) is 0 Å². The standard InChI is InChI=1S/C22H25FN4O/c1-16(11-12-17-7-4-3-5-8-17)25-22(28)26-20(21-24-13-14-27(21)2)18-9-6-10-19(23)15-18/h3-10,13-16,20H,11-12H2,1-2H3,(H2,25,26,28)/t16-,20+/m1/s1. The maximum atomic E-state index is 13.7. The Morgan fingerprint density at radius 3 is 2.61 bits per heavy atom. The van der Waals surface area contributed by atoms with Crippen molar-refractivity contribution in [3.8, 4) is 0 Å². The molecule has 6 heteroatoms. The molecular weight excluding hydrogens is 355 g/mol. The molecule has 0 saturated heterocycles. The molecule has 0 fully saturated rings. The number of halogens is 1. The molecule has 28 heavy (non-hydrogen) atoms. The molecule has 0 saturated carbocycles. The first-order valence-electron chi connectivity index (χ1n) is 9.36. The average Bonchev–Trinajstić information content (AvgIpc) is 3.11. The lowest BCUT2D eigenvalue weighted by atomic mass is 10.1. The lowest BCUT2D eigenvalue weighted by Crippen LogP contribution is -2.43. The second kappa shape index (κ2) is 9.17. The van der Waals surface area contributed by atoms with Gasteiger partial charge in [0.2, 0.25) is 0 Å². The molecule has 0 unspecified atom stereocenters. The van der Waals surface area contributed by atoms with Crippen LogP contribution < -0.4 is 10.6 Å². The van der Waals surface area contributed by atoms with Crippen molar-refractivity contribution in [2.45, 2.75) is 31.8 Å². The normalized spacial score (nSPS) is 13.0. The number of aromatic nitrogens is 2. The summed E-state index contributed by atoms with van der Waals surface area (Å²) in [6.07, 6.45) is 5.16. The second-order valence-corrected chi connectivity index (χ2v) is 6.93. The van der Waals surface area contributed by atoms with E-state index in [4.69, 9.17) is 0 Å². The highest BCUT2D eigenvalue weighted by atomic mass is 19.1. The molecule has 2 aromatic carbocycles. The van der Waals surface area contributed by atoms with Crippen molar-refractivity contribution >= 4 is 6.03 Å². The van der Waals surface area contributed by atoms with E-state index in [0.717, 1.165) is 12.8 Å². The molecule has 0 aliphatic carbocycles. The Balaban J connectivity index is 1.65. The van der Waals surface area contributed by atoms with Crippen LogP contribution in [0, 0.1) is 5.82 Å². The molecule has 2 N–H and O–H groups in total. The van der Waals surface area contributed by atoms with Crippen LogP contribution in [0.2, 0.25) is 0 Å². The van der Waals surface area contributed by atoms with Gasteiger partial charge < -0.3 is 15.2 Å². The molecule has 3 rings (SSSR count). The number of benzene rings is 2. The molecule has 1 aromatic heterocycles. The molecular formula is C22H25FN4O. The first-order chi connectivity index (χ1) is 13.5. The van der Waals surface area contributed by atoms with Crippen LogP contribution in [0.15, 0.2) is 67.0 Å². The van der Waals surface area contributed by atoms with E-state index in [2.05, 4.69) is 27.8 Å². The minimum atomic E-state index is -0.544. The fraction of sp³-hybridized carbons (Fsp3) is 0.273. The number of hydrogen-bond donors (Lipinski definition) is 2. The van der Waals surface area contributed by atoms with E-state index in [1.54, 1.807) is 24.5 Å². The summed E-state index contributed by atoms with van der Waals surface area (Å²) in [5, 5.41) is 5.90. The second-order valence-electron chi connectivity index (χ2n) is 6.93. The highest BCUT2D eigenvalue weighted by Crippen LogP contribution is 2.21. The van der Waals surface area contributed by atoms with Gasteiger partial charge in [-0.2, -0.15) is 0 Å². The smallest absolute Gasteiger partial charge is 0.315 e. The summed E-state index contributed by atoms with van der Waals surface area (Å²) in [5.41, 5.74) is 1.88. The van der Waals surface area contributed by atoms with Crippen molar-refractivity contribution in [2.75, 3.05) is 0 Å². The van der Waals surface area contributed by atoms with Gasteiger partial charge in [-0.15, -0.1) is 0 Å². The highest BCUT2D eigenvalue weighted by molar-refractivity contribution is 5.75. The van der Waals surface area contributed by atoms with Crippen LogP contribution in [0.3, 0.4) is 0 Å². The summed E-state index contributed by atoms with van der Waals surface area (Å²) < 4.78 is 15.5. The minimum absolute atomic E-state index is 0.00487. The van der Waals surface area contributed by atoms with Crippen LogP contribution in [0.25, 0.3) is 0 Å². The van der Waals surface area contributed by atoms with Crippen molar-refractivity contribution in [2.24, 2.45) is 7.05 Å². The number of carbonyl (C=O) groups excluding carboxylic acids is 1. The maximum absolute atomic E-state index is 13.7. The topological polar surface area (TPSA) is 59.0 Å². The Morgan fingerprint density at radius 2 is 1.93 bits per heavy atom. The van der Waals surface area contributed by atoms with E-state index >= 15 is 0 Å². The number of imidazole rings is 1. The van der Waals surface area contributed by atoms with Crippen LogP contribution in [0.1, 0.15) is 36.3 Å². The summed E-state index contributed by atoms with van der Waals surface area (Å²) in [7, 11) is 1.84. The summed E-state index contributed by atoms with van der Waals surface area (Å²) in [6, 6.07) is 15.5. The quantitative estimate of drug-likeness (QED) is 0.652. The molecule has 1 heterocycles. The van der Waals surface area contributed by atoms with Crippen molar-refractivity contribution in [3.05, 3.63) is 89.8 Å². The molecule has 0 radical (unpaired) electrons. The Kier molecular flexibility index (Phi) is 6.42. The van der Waals surface area contributed by atoms with E-state index in [1.165, 1.54) is 17.7 Å². The molecule has 146 valence electrons. The monoisotopic (exact) mass is 380 g/mol. The predicted molar refractivity (Wildman–Crippen MR) is 107 cm³/mol. The van der Waals surface area contributed by atoms with E-state index in [0.29, 0.717) is 11.4 Å². The molecule has 0 aliphatic heterocycles. The predicted octanol–water partition coefficient (Wildman–Crippen LogP) is 3.97. The van der Waals surface area contributed by atoms with Crippen LogP contribution in [0.4, 0.5) is 9.18 Å². The Bertz CT molecular complexity index is 910. The fourth-order valence-electron chi connectivity index (χ4n) is 3.13. The number of nitrogens with zero attached hydrogens (tertiary/aromatic N) is 2. The van der Waals surface area contributed by atoms with Crippen LogP contribution in [0.5, 0.6) is 0 Å². The molecule has 5 nitrogen and oxygen atoms in total. The molecule has 3 aromatic rings. The van der Waals surface area contributed by atoms with E-state index < -0.39 is 6.04 Å². The van der Waals surface area contributed by atoms with Crippen LogP contribution >= 0.6 is 0 Å². The van der Waals surface area contributed by atoms with Gasteiger partial charge in [0.1, 0.15) is 17.7 Å². The first kappa shape index (κ1) is 19.6. The van der Waals surface area contributed by atoms with Gasteiger partial charge >= 0.3 is 6.03 Å². The molecule has 0 aliphatic rings. The molecule has 0 spiro atoms. The Labute approximate surface area is 164 Å². The number of rotatable bonds is 7. The zero-order valence-electron chi connectivity index (χ0n) is 16.1. The van der Waals surface area contributed by atoms with Gasteiger partial charge in [0.25, 0.3) is 0 Å². The third-order valence-electron chi connectivity index (χ3n) is 4.66. The number of nitrogens with one attached hydrogen (secondary N) is 2. The fourth-order valence-corrected chi connectivity index (χ4v) is 3.13. The number of carbonyl (C=O) groups is 1. The SMILES string of the molecule is C[C@H](CCc1ccccc1)NC(=O)N[C@@H](c1cccc(F)c1)c1nccn1C. The largest absolute Gasteiger partial charge is 0.336 e. The summed E-state index contributed by atoms with van der Waals surface area (Å²) in [5.74, 6) is 0.285. The zero-order valence-corrected chi connectivity index (χ0v) is 16.1. The molecule has 2 atom stereocenters. The highest BCUT2D eigenvalue weighted by Gasteiger charge is 2.21. The van der Waals surface area contributed by atoms with Gasteiger partial charge in [0, 0.05) is 25.5 Å². The Morgan fingerprint density at radius 1 is 1.14 bits per heavy atom. The molecule has 0 bridgehead atoms. The zero-order chi connectivity index (χ0) is 19.9. The van der Waals surface area contributed by atoms with E-state index in [-0.39, 0.29) is 17.9 Å².